The van der Waals surface area contributed by atoms with Gasteiger partial charge < -0.3 is 4.74 Å². The van der Waals surface area contributed by atoms with Gasteiger partial charge in [-0.3, -0.25) is 9.69 Å². The molecule has 1 aliphatic rings. The maximum absolute atomic E-state index is 11.7. The van der Waals surface area contributed by atoms with Crippen LogP contribution in [0.25, 0.3) is 11.3 Å². The molecule has 0 spiro atoms. The first-order valence-electron chi connectivity index (χ1n) is 6.55. The van der Waals surface area contributed by atoms with E-state index in [9.17, 15) is 4.79 Å². The van der Waals surface area contributed by atoms with Crippen molar-refractivity contribution >= 4 is 11.7 Å². The second-order valence-corrected chi connectivity index (χ2v) is 5.01. The molecule has 0 radical (unpaired) electrons. The third-order valence-electron chi connectivity index (χ3n) is 3.76. The molecular weight excluding hydrogens is 252 g/mol. The summed E-state index contributed by atoms with van der Waals surface area (Å²) in [5.41, 5.74) is 4.36. The van der Waals surface area contributed by atoms with Crippen LogP contribution in [0.3, 0.4) is 0 Å². The monoisotopic (exact) mass is 268 g/mol. The Hall–Kier alpha value is -2.36. The van der Waals surface area contributed by atoms with Crippen LogP contribution in [0.1, 0.15) is 11.1 Å². The Morgan fingerprint density at radius 3 is 2.80 bits per heavy atom. The Labute approximate surface area is 118 Å². The normalized spacial score (nSPS) is 13.9. The number of carbonyl (C=O) groups excluding carboxylic acids is 1. The van der Waals surface area contributed by atoms with Crippen molar-refractivity contribution < 1.29 is 9.53 Å². The van der Waals surface area contributed by atoms with Gasteiger partial charge in [0.25, 0.3) is 5.91 Å². The average molecular weight is 268 g/mol. The van der Waals surface area contributed by atoms with Gasteiger partial charge in [0, 0.05) is 12.6 Å². The number of rotatable bonds is 1. The van der Waals surface area contributed by atoms with Crippen molar-refractivity contribution in [3.8, 4) is 17.0 Å². The van der Waals surface area contributed by atoms with Gasteiger partial charge in [-0.15, -0.1) is 0 Å². The molecule has 4 nitrogen and oxygen atoms in total. The first kappa shape index (κ1) is 12.7. The molecule has 0 saturated carbocycles. The lowest BCUT2D eigenvalue weighted by Crippen LogP contribution is -2.36. The van der Waals surface area contributed by atoms with Gasteiger partial charge in [0.15, 0.2) is 18.2 Å². The molecule has 20 heavy (non-hydrogen) atoms. The summed E-state index contributed by atoms with van der Waals surface area (Å²) in [5, 5.41) is 0. The summed E-state index contributed by atoms with van der Waals surface area (Å²) in [7, 11) is 1.73. The van der Waals surface area contributed by atoms with E-state index in [-0.39, 0.29) is 12.5 Å². The summed E-state index contributed by atoms with van der Waals surface area (Å²) < 4.78 is 5.40. The lowest BCUT2D eigenvalue weighted by atomic mass is 10.0. The van der Waals surface area contributed by atoms with Crippen molar-refractivity contribution in [3.63, 3.8) is 0 Å². The van der Waals surface area contributed by atoms with Gasteiger partial charge in [0.2, 0.25) is 0 Å². The Kier molecular flexibility index (Phi) is 2.93. The number of fused-ring (bicyclic) bond motifs is 1. The third-order valence-corrected chi connectivity index (χ3v) is 3.76. The number of hydrogen-bond acceptors (Lipinski definition) is 3. The number of carbonyl (C=O) groups is 1. The number of amides is 1. The van der Waals surface area contributed by atoms with Gasteiger partial charge >= 0.3 is 0 Å². The number of pyridine rings is 1. The van der Waals surface area contributed by atoms with Crippen LogP contribution in [-0.2, 0) is 4.79 Å². The Balaban J connectivity index is 2.13. The van der Waals surface area contributed by atoms with Crippen LogP contribution >= 0.6 is 0 Å². The fourth-order valence-electron chi connectivity index (χ4n) is 2.32. The molecule has 102 valence electrons. The topological polar surface area (TPSA) is 42.4 Å². The van der Waals surface area contributed by atoms with E-state index in [1.54, 1.807) is 11.9 Å². The molecule has 4 heteroatoms. The van der Waals surface area contributed by atoms with Gasteiger partial charge in [-0.2, -0.15) is 0 Å². The molecule has 3 rings (SSSR count). The summed E-state index contributed by atoms with van der Waals surface area (Å²) in [5.74, 6) is 1.16. The second kappa shape index (κ2) is 4.63. The summed E-state index contributed by atoms with van der Waals surface area (Å²) in [6.07, 6.45) is 0. The molecule has 2 heterocycles. The predicted octanol–water partition coefficient (Wildman–Crippen LogP) is 2.72. The highest BCUT2D eigenvalue weighted by molar-refractivity contribution is 5.96. The predicted molar refractivity (Wildman–Crippen MR) is 78.1 cm³/mol. The van der Waals surface area contributed by atoms with E-state index < -0.39 is 0 Å². The minimum Gasteiger partial charge on any atom is -0.480 e. The molecule has 0 N–H and O–H groups in total. The summed E-state index contributed by atoms with van der Waals surface area (Å²) >= 11 is 0. The van der Waals surface area contributed by atoms with E-state index in [1.807, 2.05) is 24.3 Å². The van der Waals surface area contributed by atoms with Crippen molar-refractivity contribution in [3.05, 3.63) is 41.5 Å². The lowest BCUT2D eigenvalue weighted by molar-refractivity contribution is -0.121. The average Bonchev–Trinajstić information content (AvgIpc) is 2.46. The number of likely N-dealkylation sites (N-methyl/N-ethyl adjacent to an activating group) is 1. The molecule has 2 aromatic rings. The summed E-state index contributed by atoms with van der Waals surface area (Å²) in [6.45, 7) is 4.24. The highest BCUT2D eigenvalue weighted by Crippen LogP contribution is 2.33. The van der Waals surface area contributed by atoms with Crippen molar-refractivity contribution in [1.82, 2.24) is 4.98 Å². The number of aryl methyl sites for hydroxylation is 1. The first-order chi connectivity index (χ1) is 9.58. The largest absolute Gasteiger partial charge is 0.480 e. The smallest absolute Gasteiger partial charge is 0.265 e. The minimum absolute atomic E-state index is 0.0774. The zero-order valence-corrected chi connectivity index (χ0v) is 11.8. The minimum atomic E-state index is -0.0804. The molecule has 0 unspecified atom stereocenters. The number of ether oxygens (including phenoxy) is 1. The molecular formula is C16H16N2O2. The molecule has 0 atom stereocenters. The van der Waals surface area contributed by atoms with Gasteiger partial charge in [-0.1, -0.05) is 18.2 Å². The zero-order chi connectivity index (χ0) is 14.3. The third kappa shape index (κ3) is 1.93. The fraction of sp³-hybridized carbons (Fsp3) is 0.250. The molecule has 1 aromatic carbocycles. The number of nitrogens with zero attached hydrogens (tertiary/aromatic N) is 2. The van der Waals surface area contributed by atoms with Crippen LogP contribution in [0.4, 0.5) is 5.82 Å². The molecule has 0 aliphatic carbocycles. The fourth-order valence-corrected chi connectivity index (χ4v) is 2.32. The van der Waals surface area contributed by atoms with Crippen LogP contribution in [0.15, 0.2) is 30.3 Å². The maximum atomic E-state index is 11.7. The Bertz CT molecular complexity index is 695. The summed E-state index contributed by atoms with van der Waals surface area (Å²) in [6, 6.07) is 9.95. The van der Waals surface area contributed by atoms with E-state index >= 15 is 0 Å². The number of anilines is 1. The van der Waals surface area contributed by atoms with Gasteiger partial charge in [0.05, 0.1) is 5.69 Å². The molecule has 0 saturated heterocycles. The highest BCUT2D eigenvalue weighted by Gasteiger charge is 2.24. The van der Waals surface area contributed by atoms with Crippen molar-refractivity contribution in [2.24, 2.45) is 0 Å². The van der Waals surface area contributed by atoms with Gasteiger partial charge in [-0.25, -0.2) is 4.98 Å². The van der Waals surface area contributed by atoms with Crippen molar-refractivity contribution in [2.75, 3.05) is 18.6 Å². The SMILES string of the molecule is Cc1cccc(-c2ccc3c(n2)N(C)C(=O)CO3)c1C. The molecule has 1 aromatic heterocycles. The van der Waals surface area contributed by atoms with Crippen LogP contribution in [0, 0.1) is 13.8 Å². The number of aromatic nitrogens is 1. The van der Waals surface area contributed by atoms with E-state index in [4.69, 9.17) is 4.74 Å². The Morgan fingerprint density at radius 2 is 2.00 bits per heavy atom. The van der Waals surface area contributed by atoms with E-state index in [0.29, 0.717) is 11.6 Å². The van der Waals surface area contributed by atoms with E-state index in [0.717, 1.165) is 11.3 Å². The number of benzene rings is 1. The molecule has 0 bridgehead atoms. The second-order valence-electron chi connectivity index (χ2n) is 5.01. The number of hydrogen-bond donors (Lipinski definition) is 0. The summed E-state index contributed by atoms with van der Waals surface area (Å²) in [4.78, 5) is 17.8. The van der Waals surface area contributed by atoms with Crippen molar-refractivity contribution in [1.29, 1.82) is 0 Å². The quantitative estimate of drug-likeness (QED) is 0.798. The lowest BCUT2D eigenvalue weighted by Gasteiger charge is -2.25. The van der Waals surface area contributed by atoms with E-state index in [2.05, 4.69) is 24.9 Å². The van der Waals surface area contributed by atoms with Crippen LogP contribution in [0.2, 0.25) is 0 Å². The van der Waals surface area contributed by atoms with Crippen LogP contribution < -0.4 is 9.64 Å². The molecule has 1 amide bonds. The van der Waals surface area contributed by atoms with Gasteiger partial charge in [0.1, 0.15) is 0 Å². The van der Waals surface area contributed by atoms with Crippen LogP contribution in [0.5, 0.6) is 5.75 Å². The van der Waals surface area contributed by atoms with Crippen LogP contribution in [-0.4, -0.2) is 24.5 Å². The van der Waals surface area contributed by atoms with Gasteiger partial charge in [-0.05, 0) is 37.1 Å². The van der Waals surface area contributed by atoms with E-state index in [1.165, 1.54) is 11.1 Å². The standard InChI is InChI=1S/C16H16N2O2/c1-10-5-4-6-12(11(10)2)13-7-8-14-16(17-13)18(3)15(19)9-20-14/h4-8H,9H2,1-3H3. The van der Waals surface area contributed by atoms with Crippen molar-refractivity contribution in [2.45, 2.75) is 13.8 Å². The maximum Gasteiger partial charge on any atom is 0.265 e. The first-order valence-corrected chi connectivity index (χ1v) is 6.55. The molecule has 0 fully saturated rings. The highest BCUT2D eigenvalue weighted by atomic mass is 16.5. The Morgan fingerprint density at radius 1 is 1.20 bits per heavy atom. The zero-order valence-electron chi connectivity index (χ0n) is 11.8. The molecule has 1 aliphatic heterocycles.